The number of aliphatic hydroxyl groups is 1. The lowest BCUT2D eigenvalue weighted by atomic mass is 9.96. The Morgan fingerprint density at radius 3 is 2.65 bits per heavy atom. The predicted octanol–water partition coefficient (Wildman–Crippen LogP) is 1.84. The van der Waals surface area contributed by atoms with Gasteiger partial charge in [-0.15, -0.1) is 0 Å². The van der Waals surface area contributed by atoms with Gasteiger partial charge in [0.1, 0.15) is 0 Å². The molecule has 4 nitrogen and oxygen atoms in total. The van der Waals surface area contributed by atoms with E-state index in [2.05, 4.69) is 22.3 Å². The van der Waals surface area contributed by atoms with Crippen LogP contribution in [0.3, 0.4) is 0 Å². The Balaban J connectivity index is 1.90. The lowest BCUT2D eigenvalue weighted by molar-refractivity contribution is -0.119. The fourth-order valence-corrected chi connectivity index (χ4v) is 2.74. The summed E-state index contributed by atoms with van der Waals surface area (Å²) in [6, 6.07) is 6.25. The highest BCUT2D eigenvalue weighted by molar-refractivity contribution is 5.72. The van der Waals surface area contributed by atoms with Crippen molar-refractivity contribution in [1.82, 2.24) is 5.32 Å². The van der Waals surface area contributed by atoms with Crippen LogP contribution >= 0.6 is 0 Å². The summed E-state index contributed by atoms with van der Waals surface area (Å²) in [5.41, 5.74) is 3.37. The maximum atomic E-state index is 10.9. The van der Waals surface area contributed by atoms with Crippen molar-refractivity contribution in [1.29, 1.82) is 0 Å². The highest BCUT2D eigenvalue weighted by Crippen LogP contribution is 2.25. The van der Waals surface area contributed by atoms with Gasteiger partial charge >= 0.3 is 0 Å². The zero-order valence-corrected chi connectivity index (χ0v) is 12.4. The summed E-state index contributed by atoms with van der Waals surface area (Å²) in [6.45, 7) is 6.57. The molecule has 20 heavy (non-hydrogen) atoms. The van der Waals surface area contributed by atoms with E-state index >= 15 is 0 Å². The van der Waals surface area contributed by atoms with E-state index in [1.807, 2.05) is 13.0 Å². The normalized spacial score (nSPS) is 16.2. The minimum absolute atomic E-state index is 0.0580. The fraction of sp³-hybridized carbons (Fsp3) is 0.562. The van der Waals surface area contributed by atoms with Crippen LogP contribution in [0, 0.1) is 12.8 Å². The van der Waals surface area contributed by atoms with Gasteiger partial charge in [-0.25, -0.2) is 0 Å². The smallest absolute Gasteiger partial charge is 0.216 e. The van der Waals surface area contributed by atoms with E-state index in [0.29, 0.717) is 5.92 Å². The molecule has 0 bridgehead atoms. The highest BCUT2D eigenvalue weighted by atomic mass is 16.3. The predicted molar refractivity (Wildman–Crippen MR) is 80.7 cm³/mol. The fourth-order valence-electron chi connectivity index (χ4n) is 2.74. The molecule has 2 rings (SSSR count). The summed E-state index contributed by atoms with van der Waals surface area (Å²) in [4.78, 5) is 13.3. The van der Waals surface area contributed by atoms with Crippen LogP contribution in [0.25, 0.3) is 0 Å². The molecule has 2 N–H and O–H groups in total. The molecule has 110 valence electrons. The monoisotopic (exact) mass is 276 g/mol. The second-order valence-corrected chi connectivity index (χ2v) is 5.64. The van der Waals surface area contributed by atoms with Gasteiger partial charge < -0.3 is 15.3 Å². The Hall–Kier alpha value is -1.55. The Kier molecular flexibility index (Phi) is 5.01. The van der Waals surface area contributed by atoms with Crippen LogP contribution in [0.2, 0.25) is 0 Å². The van der Waals surface area contributed by atoms with Crippen LogP contribution in [0.15, 0.2) is 18.2 Å². The summed E-state index contributed by atoms with van der Waals surface area (Å²) < 4.78 is 0. The quantitative estimate of drug-likeness (QED) is 0.882. The average molecular weight is 276 g/mol. The molecule has 1 aromatic rings. The van der Waals surface area contributed by atoms with Crippen molar-refractivity contribution in [2.75, 3.05) is 24.5 Å². The second kappa shape index (κ2) is 6.75. The van der Waals surface area contributed by atoms with Gasteiger partial charge in [-0.3, -0.25) is 4.79 Å². The first-order valence-electron chi connectivity index (χ1n) is 7.30. The third-order valence-electron chi connectivity index (χ3n) is 4.12. The summed E-state index contributed by atoms with van der Waals surface area (Å²) in [5.74, 6) is 0.649. The van der Waals surface area contributed by atoms with Crippen LogP contribution in [0.1, 0.15) is 30.9 Å². The van der Waals surface area contributed by atoms with Crippen LogP contribution in [-0.2, 0) is 11.4 Å². The lowest BCUT2D eigenvalue weighted by Crippen LogP contribution is -2.38. The Labute approximate surface area is 120 Å². The summed E-state index contributed by atoms with van der Waals surface area (Å²) in [6.07, 6.45) is 2.22. The molecule has 0 spiro atoms. The van der Waals surface area contributed by atoms with Gasteiger partial charge in [0.25, 0.3) is 0 Å². The van der Waals surface area contributed by atoms with Crippen LogP contribution < -0.4 is 10.2 Å². The van der Waals surface area contributed by atoms with Gasteiger partial charge in [0.2, 0.25) is 5.91 Å². The van der Waals surface area contributed by atoms with E-state index in [0.717, 1.165) is 43.6 Å². The Morgan fingerprint density at radius 2 is 2.10 bits per heavy atom. The minimum Gasteiger partial charge on any atom is -0.392 e. The number of hydrogen-bond acceptors (Lipinski definition) is 3. The zero-order valence-electron chi connectivity index (χ0n) is 12.4. The number of amides is 1. The molecule has 0 aliphatic carbocycles. The van der Waals surface area contributed by atoms with Crippen molar-refractivity contribution in [3.63, 3.8) is 0 Å². The first-order chi connectivity index (χ1) is 9.60. The maximum absolute atomic E-state index is 10.9. The van der Waals surface area contributed by atoms with E-state index in [1.54, 1.807) is 6.92 Å². The first-order valence-corrected chi connectivity index (χ1v) is 7.30. The Morgan fingerprint density at radius 1 is 1.40 bits per heavy atom. The van der Waals surface area contributed by atoms with Crippen molar-refractivity contribution in [3.05, 3.63) is 29.3 Å². The van der Waals surface area contributed by atoms with E-state index in [4.69, 9.17) is 0 Å². The molecule has 1 heterocycles. The maximum Gasteiger partial charge on any atom is 0.216 e. The third kappa shape index (κ3) is 3.73. The summed E-state index contributed by atoms with van der Waals surface area (Å²) in [7, 11) is 0. The molecule has 0 radical (unpaired) electrons. The average Bonchev–Trinajstić information content (AvgIpc) is 2.45. The number of nitrogens with one attached hydrogen (secondary N) is 1. The number of piperidine rings is 1. The molecule has 1 aliphatic heterocycles. The zero-order chi connectivity index (χ0) is 14.5. The number of aryl methyl sites for hydroxylation is 1. The lowest BCUT2D eigenvalue weighted by Gasteiger charge is -2.34. The SMILES string of the molecule is CC(=O)NCC1CCN(c2ccc(CO)c(C)c2)CC1. The van der Waals surface area contributed by atoms with Crippen LogP contribution in [-0.4, -0.2) is 30.6 Å². The molecule has 1 fully saturated rings. The highest BCUT2D eigenvalue weighted by Gasteiger charge is 2.19. The number of carbonyl (C=O) groups is 1. The number of aliphatic hydroxyl groups excluding tert-OH is 1. The van der Waals surface area contributed by atoms with Gasteiger partial charge in [0.15, 0.2) is 0 Å². The molecule has 0 atom stereocenters. The summed E-state index contributed by atoms with van der Waals surface area (Å²) in [5, 5.41) is 12.1. The number of anilines is 1. The molecule has 1 aromatic carbocycles. The van der Waals surface area contributed by atoms with E-state index in [9.17, 15) is 9.90 Å². The molecule has 1 saturated heterocycles. The molecule has 0 aromatic heterocycles. The number of carbonyl (C=O) groups excluding carboxylic acids is 1. The molecular weight excluding hydrogens is 252 g/mol. The van der Waals surface area contributed by atoms with Gasteiger partial charge in [-0.05, 0) is 48.9 Å². The first kappa shape index (κ1) is 14.9. The number of rotatable bonds is 4. The number of benzene rings is 1. The topological polar surface area (TPSA) is 52.6 Å². The van der Waals surface area contributed by atoms with Crippen LogP contribution in [0.4, 0.5) is 5.69 Å². The van der Waals surface area contributed by atoms with E-state index in [-0.39, 0.29) is 12.5 Å². The van der Waals surface area contributed by atoms with Gasteiger partial charge in [0, 0.05) is 32.2 Å². The molecular formula is C16H24N2O2. The van der Waals surface area contributed by atoms with Gasteiger partial charge in [0.05, 0.1) is 6.61 Å². The van der Waals surface area contributed by atoms with Crippen molar-refractivity contribution < 1.29 is 9.90 Å². The van der Waals surface area contributed by atoms with Crippen LogP contribution in [0.5, 0.6) is 0 Å². The molecule has 1 amide bonds. The standard InChI is InChI=1S/C16H24N2O2/c1-12-9-16(4-3-15(12)11-19)18-7-5-14(6-8-18)10-17-13(2)20/h3-4,9,14,19H,5-8,10-11H2,1-2H3,(H,17,20). The Bertz CT molecular complexity index is 466. The van der Waals surface area contributed by atoms with Crippen molar-refractivity contribution in [2.24, 2.45) is 5.92 Å². The van der Waals surface area contributed by atoms with Gasteiger partial charge in [-0.1, -0.05) is 6.07 Å². The third-order valence-corrected chi connectivity index (χ3v) is 4.12. The van der Waals surface area contributed by atoms with Gasteiger partial charge in [-0.2, -0.15) is 0 Å². The van der Waals surface area contributed by atoms with Crippen molar-refractivity contribution in [2.45, 2.75) is 33.3 Å². The van der Waals surface area contributed by atoms with E-state index in [1.165, 1.54) is 5.69 Å². The molecule has 0 saturated carbocycles. The minimum atomic E-state index is 0.0580. The van der Waals surface area contributed by atoms with E-state index < -0.39 is 0 Å². The molecule has 0 unspecified atom stereocenters. The number of hydrogen-bond donors (Lipinski definition) is 2. The van der Waals surface area contributed by atoms with Crippen molar-refractivity contribution >= 4 is 11.6 Å². The largest absolute Gasteiger partial charge is 0.392 e. The second-order valence-electron chi connectivity index (χ2n) is 5.64. The van der Waals surface area contributed by atoms with Crippen molar-refractivity contribution in [3.8, 4) is 0 Å². The molecule has 4 heteroatoms. The summed E-state index contributed by atoms with van der Waals surface area (Å²) >= 11 is 0. The number of nitrogens with zero attached hydrogens (tertiary/aromatic N) is 1. The molecule has 1 aliphatic rings.